The van der Waals surface area contributed by atoms with E-state index < -0.39 is 5.38 Å². The third kappa shape index (κ3) is 3.63. The summed E-state index contributed by atoms with van der Waals surface area (Å²) in [4.78, 5) is 14.1. The summed E-state index contributed by atoms with van der Waals surface area (Å²) in [5.41, 5.74) is 1.95. The molecule has 1 aromatic rings. The van der Waals surface area contributed by atoms with Crippen LogP contribution in [0.1, 0.15) is 26.7 Å². The van der Waals surface area contributed by atoms with Crippen molar-refractivity contribution in [2.24, 2.45) is 5.92 Å². The van der Waals surface area contributed by atoms with Gasteiger partial charge in [-0.3, -0.25) is 4.79 Å². The van der Waals surface area contributed by atoms with Crippen LogP contribution in [0.25, 0.3) is 0 Å². The van der Waals surface area contributed by atoms with Gasteiger partial charge in [-0.1, -0.05) is 19.1 Å². The molecular weight excluding hydrogens is 260 g/mol. The predicted molar refractivity (Wildman–Crippen MR) is 81.0 cm³/mol. The highest BCUT2D eigenvalue weighted by Crippen LogP contribution is 2.29. The average Bonchev–Trinajstić information content (AvgIpc) is 2.40. The van der Waals surface area contributed by atoms with Crippen LogP contribution in [0.15, 0.2) is 24.3 Å². The molecule has 0 bridgehead atoms. The van der Waals surface area contributed by atoms with E-state index in [9.17, 15) is 4.79 Å². The van der Waals surface area contributed by atoms with Crippen LogP contribution in [-0.2, 0) is 4.79 Å². The monoisotopic (exact) mass is 280 g/mol. The molecule has 1 atom stereocenters. The van der Waals surface area contributed by atoms with Gasteiger partial charge in [-0.05, 0) is 37.8 Å². The molecule has 1 heterocycles. The van der Waals surface area contributed by atoms with Crippen molar-refractivity contribution < 1.29 is 4.79 Å². The third-order valence-corrected chi connectivity index (χ3v) is 3.85. The number of amides is 1. The number of hydrogen-bond acceptors (Lipinski definition) is 2. The van der Waals surface area contributed by atoms with E-state index in [1.165, 1.54) is 12.8 Å². The van der Waals surface area contributed by atoms with Crippen LogP contribution in [-0.4, -0.2) is 24.4 Å². The molecule has 1 amide bonds. The molecule has 1 aliphatic heterocycles. The Morgan fingerprint density at radius 1 is 1.37 bits per heavy atom. The number of nitrogens with zero attached hydrogens (tertiary/aromatic N) is 1. The quantitative estimate of drug-likeness (QED) is 0.860. The van der Waals surface area contributed by atoms with Crippen LogP contribution in [0.5, 0.6) is 0 Å². The minimum Gasteiger partial charge on any atom is -0.370 e. The zero-order chi connectivity index (χ0) is 13.8. The summed E-state index contributed by atoms with van der Waals surface area (Å²) >= 11 is 5.81. The van der Waals surface area contributed by atoms with Crippen molar-refractivity contribution in [3.63, 3.8) is 0 Å². The van der Waals surface area contributed by atoms with Gasteiger partial charge in [0.2, 0.25) is 5.91 Å². The normalized spacial score (nSPS) is 18.2. The lowest BCUT2D eigenvalue weighted by atomic mass is 9.98. The number of carbonyl (C=O) groups is 1. The fraction of sp³-hybridized carbons (Fsp3) is 0.533. The molecule has 2 rings (SSSR count). The summed E-state index contributed by atoms with van der Waals surface area (Å²) in [5.74, 6) is 0.639. The van der Waals surface area contributed by atoms with Gasteiger partial charge in [0, 0.05) is 13.1 Å². The number of halogens is 1. The Hall–Kier alpha value is -1.22. The lowest BCUT2D eigenvalue weighted by Crippen LogP contribution is -2.33. The molecule has 1 aliphatic rings. The van der Waals surface area contributed by atoms with Crippen molar-refractivity contribution >= 4 is 28.9 Å². The van der Waals surface area contributed by atoms with E-state index in [2.05, 4.69) is 23.2 Å². The standard InChI is InChI=1S/C15H21ClN2O/c1-11-7-9-18(10-8-11)14-6-4-3-5-13(14)17-15(19)12(2)16/h3-6,11-12H,7-10H2,1-2H3,(H,17,19)/t12-/m1/s1. The molecule has 0 unspecified atom stereocenters. The first-order valence-electron chi connectivity index (χ1n) is 6.87. The van der Waals surface area contributed by atoms with Gasteiger partial charge in [-0.25, -0.2) is 0 Å². The van der Waals surface area contributed by atoms with E-state index in [1.54, 1.807) is 6.92 Å². The van der Waals surface area contributed by atoms with Crippen LogP contribution in [0.2, 0.25) is 0 Å². The summed E-state index contributed by atoms with van der Waals surface area (Å²) in [6, 6.07) is 7.94. The number of anilines is 2. The van der Waals surface area contributed by atoms with E-state index in [1.807, 2.05) is 18.2 Å². The fourth-order valence-corrected chi connectivity index (χ4v) is 2.39. The minimum atomic E-state index is -0.519. The van der Waals surface area contributed by atoms with Crippen molar-refractivity contribution in [3.8, 4) is 0 Å². The Morgan fingerprint density at radius 3 is 2.63 bits per heavy atom. The lowest BCUT2D eigenvalue weighted by Gasteiger charge is -2.33. The van der Waals surface area contributed by atoms with E-state index in [4.69, 9.17) is 11.6 Å². The molecular formula is C15H21ClN2O. The summed E-state index contributed by atoms with van der Waals surface area (Å²) in [6.45, 7) is 6.07. The second kappa shape index (κ2) is 6.29. The number of alkyl halides is 1. The Morgan fingerprint density at radius 2 is 2.00 bits per heavy atom. The Labute approximate surface area is 119 Å². The highest BCUT2D eigenvalue weighted by molar-refractivity contribution is 6.32. The topological polar surface area (TPSA) is 32.3 Å². The number of piperidine rings is 1. The molecule has 4 heteroatoms. The van der Waals surface area contributed by atoms with Gasteiger partial charge in [0.1, 0.15) is 5.38 Å². The fourth-order valence-electron chi connectivity index (χ4n) is 2.34. The third-order valence-electron chi connectivity index (χ3n) is 3.65. The van der Waals surface area contributed by atoms with Crippen molar-refractivity contribution in [3.05, 3.63) is 24.3 Å². The zero-order valence-corrected chi connectivity index (χ0v) is 12.3. The Bertz CT molecular complexity index is 440. The van der Waals surface area contributed by atoms with Gasteiger partial charge in [0.25, 0.3) is 0 Å². The second-order valence-corrected chi connectivity index (χ2v) is 5.95. The summed E-state index contributed by atoms with van der Waals surface area (Å²) in [5, 5.41) is 2.39. The molecule has 1 fully saturated rings. The maximum Gasteiger partial charge on any atom is 0.242 e. The van der Waals surface area contributed by atoms with Crippen LogP contribution in [0.3, 0.4) is 0 Å². The van der Waals surface area contributed by atoms with Gasteiger partial charge in [-0.15, -0.1) is 11.6 Å². The van der Waals surface area contributed by atoms with Crippen LogP contribution >= 0.6 is 11.6 Å². The number of hydrogen-bond donors (Lipinski definition) is 1. The van der Waals surface area contributed by atoms with Gasteiger partial charge in [0.15, 0.2) is 0 Å². The zero-order valence-electron chi connectivity index (χ0n) is 11.5. The van der Waals surface area contributed by atoms with Gasteiger partial charge in [0.05, 0.1) is 11.4 Å². The average molecular weight is 281 g/mol. The maximum atomic E-state index is 11.7. The van der Waals surface area contributed by atoms with E-state index >= 15 is 0 Å². The van der Waals surface area contributed by atoms with Crippen LogP contribution < -0.4 is 10.2 Å². The highest BCUT2D eigenvalue weighted by Gasteiger charge is 2.19. The molecule has 0 spiro atoms. The first-order valence-corrected chi connectivity index (χ1v) is 7.30. The molecule has 1 N–H and O–H groups in total. The minimum absolute atomic E-state index is 0.153. The van der Waals surface area contributed by atoms with Crippen molar-refractivity contribution in [1.29, 1.82) is 0 Å². The number of para-hydroxylation sites is 2. The first-order chi connectivity index (χ1) is 9.08. The first kappa shape index (κ1) is 14.2. The van der Waals surface area contributed by atoms with Crippen LogP contribution in [0.4, 0.5) is 11.4 Å². The number of benzene rings is 1. The van der Waals surface area contributed by atoms with Crippen molar-refractivity contribution in [2.45, 2.75) is 32.1 Å². The predicted octanol–water partition coefficient (Wildman–Crippen LogP) is 3.49. The SMILES string of the molecule is CC1CCN(c2ccccc2NC(=O)[C@@H](C)Cl)CC1. The molecule has 0 radical (unpaired) electrons. The highest BCUT2D eigenvalue weighted by atomic mass is 35.5. The molecule has 104 valence electrons. The molecule has 0 aromatic heterocycles. The molecule has 0 saturated carbocycles. The van der Waals surface area contributed by atoms with Gasteiger partial charge in [-0.2, -0.15) is 0 Å². The van der Waals surface area contributed by atoms with Crippen LogP contribution in [0, 0.1) is 5.92 Å². The number of carbonyl (C=O) groups excluding carboxylic acids is 1. The van der Waals surface area contributed by atoms with E-state index in [0.29, 0.717) is 0 Å². The molecule has 1 saturated heterocycles. The number of rotatable bonds is 3. The van der Waals surface area contributed by atoms with Gasteiger partial charge < -0.3 is 10.2 Å². The molecule has 3 nitrogen and oxygen atoms in total. The largest absolute Gasteiger partial charge is 0.370 e. The Kier molecular flexibility index (Phi) is 4.70. The lowest BCUT2D eigenvalue weighted by molar-refractivity contribution is -0.115. The van der Waals surface area contributed by atoms with Crippen molar-refractivity contribution in [2.75, 3.05) is 23.3 Å². The smallest absolute Gasteiger partial charge is 0.242 e. The molecule has 1 aromatic carbocycles. The summed E-state index contributed by atoms with van der Waals surface area (Å²) in [6.07, 6.45) is 2.41. The second-order valence-electron chi connectivity index (χ2n) is 5.29. The molecule has 19 heavy (non-hydrogen) atoms. The maximum absolute atomic E-state index is 11.7. The summed E-state index contributed by atoms with van der Waals surface area (Å²) in [7, 11) is 0. The van der Waals surface area contributed by atoms with E-state index in [-0.39, 0.29) is 5.91 Å². The van der Waals surface area contributed by atoms with Gasteiger partial charge >= 0.3 is 0 Å². The molecule has 0 aliphatic carbocycles. The van der Waals surface area contributed by atoms with Crippen molar-refractivity contribution in [1.82, 2.24) is 0 Å². The Balaban J connectivity index is 2.14. The summed E-state index contributed by atoms with van der Waals surface area (Å²) < 4.78 is 0. The van der Waals surface area contributed by atoms with E-state index in [0.717, 1.165) is 30.4 Å². The number of nitrogens with one attached hydrogen (secondary N) is 1.